The van der Waals surface area contributed by atoms with Crippen LogP contribution in [-0.4, -0.2) is 190 Å². The van der Waals surface area contributed by atoms with Crippen molar-refractivity contribution in [3.8, 4) is 0 Å². The summed E-state index contributed by atoms with van der Waals surface area (Å²) in [5, 5.41) is 44.9. The number of benzene rings is 1. The van der Waals surface area contributed by atoms with Gasteiger partial charge in [0.05, 0.1) is 31.0 Å². The number of aliphatic carboxylic acids is 1. The maximum Gasteiger partial charge on any atom is 0.323 e. The Morgan fingerprint density at radius 1 is 0.824 bits per heavy atom. The van der Waals surface area contributed by atoms with Gasteiger partial charge in [0.15, 0.2) is 11.9 Å². The first-order valence-corrected chi connectivity index (χ1v) is 25.7. The first-order chi connectivity index (χ1) is 35.3. The summed E-state index contributed by atoms with van der Waals surface area (Å²) in [6.45, 7) is -2.07. The number of thioether (sulfide) groups is 1. The summed E-state index contributed by atoms with van der Waals surface area (Å²) in [6.07, 6.45) is 0.116. The molecule has 1 aromatic heterocycles. The van der Waals surface area contributed by atoms with E-state index in [0.29, 0.717) is 28.3 Å². The van der Waals surface area contributed by atoms with Crippen molar-refractivity contribution in [2.75, 3.05) is 56.5 Å². The van der Waals surface area contributed by atoms with Crippen LogP contribution >= 0.6 is 23.1 Å². The van der Waals surface area contributed by atoms with Crippen molar-refractivity contribution in [2.45, 2.75) is 105 Å². The Morgan fingerprint density at radius 2 is 1.51 bits per heavy atom. The van der Waals surface area contributed by atoms with Gasteiger partial charge >= 0.3 is 5.97 Å². The molecule has 0 aliphatic carbocycles. The van der Waals surface area contributed by atoms with E-state index in [0.717, 1.165) is 9.80 Å². The van der Waals surface area contributed by atoms with Gasteiger partial charge < -0.3 is 80.4 Å². The molecule has 0 saturated carbocycles. The van der Waals surface area contributed by atoms with Crippen molar-refractivity contribution in [1.29, 1.82) is 0 Å². The van der Waals surface area contributed by atoms with E-state index >= 15 is 0 Å². The molecule has 4 heterocycles. The van der Waals surface area contributed by atoms with E-state index in [1.165, 1.54) is 28.0 Å². The highest BCUT2D eigenvalue weighted by atomic mass is 32.2. The molecule has 1 aromatic carbocycles. The van der Waals surface area contributed by atoms with Crippen molar-refractivity contribution in [1.82, 2.24) is 36.4 Å². The van der Waals surface area contributed by atoms with E-state index in [4.69, 9.17) is 28.7 Å². The highest BCUT2D eigenvalue weighted by molar-refractivity contribution is 7.99. The number of nitrogens with one attached hydrogen (secondary N) is 5. The zero-order valence-corrected chi connectivity index (χ0v) is 42.1. The first-order valence-electron chi connectivity index (χ1n) is 23.8. The monoisotopic (exact) mass is 1070 g/mol. The van der Waals surface area contributed by atoms with Gasteiger partial charge in [-0.05, 0) is 62.1 Å². The van der Waals surface area contributed by atoms with E-state index in [9.17, 15) is 58.5 Å². The zero-order valence-electron chi connectivity index (χ0n) is 40.4. The van der Waals surface area contributed by atoms with E-state index in [2.05, 4.69) is 36.6 Å². The highest BCUT2D eigenvalue weighted by Gasteiger charge is 2.46. The average Bonchev–Trinajstić information content (AvgIpc) is 4.15. The Kier molecular flexibility index (Phi) is 21.7. The number of likely N-dealkylation sites (tertiary alicyclic amines) is 2. The third-order valence-corrected chi connectivity index (χ3v) is 14.2. The smallest absolute Gasteiger partial charge is 0.323 e. The minimum atomic E-state index is -1.62. The molecule has 8 amide bonds. The van der Waals surface area contributed by atoms with E-state index < -0.39 is 121 Å². The van der Waals surface area contributed by atoms with Gasteiger partial charge in [0.1, 0.15) is 42.8 Å². The van der Waals surface area contributed by atoms with Crippen LogP contribution in [-0.2, 0) is 49.6 Å². The number of carboxylic acid groups (broad SMARTS) is 1. The van der Waals surface area contributed by atoms with Crippen molar-refractivity contribution < 1.29 is 58.5 Å². The molecule has 0 unspecified atom stereocenters. The molecule has 3 aliphatic rings. The molecule has 0 spiro atoms. The van der Waals surface area contributed by atoms with Gasteiger partial charge in [0.25, 0.3) is 5.91 Å². The SMILES string of the molecule is NC(N)=NCCC[C@@H](N)C(=O)N[C@@H](CCCN=C(N)N)C(=O)N1CCC[C@H]1C(=O)N1C[C@H](O)C[C@H]1C(=O)NCC(=O)N[C@@H](Cc1cccs1)C(=O)N[C@@H](CO)C(=O)N[C@@H]1CSc2ccccc2N(CC(=O)O)C1=O. The number of guanidine groups is 2. The summed E-state index contributed by atoms with van der Waals surface area (Å²) in [7, 11) is 0. The fourth-order valence-electron chi connectivity index (χ4n) is 8.54. The van der Waals surface area contributed by atoms with Gasteiger partial charge in [0, 0.05) is 54.5 Å². The number of anilines is 1. The second-order valence-electron chi connectivity index (χ2n) is 17.7. The number of carboxylic acids is 1. The van der Waals surface area contributed by atoms with Crippen molar-refractivity contribution in [2.24, 2.45) is 38.7 Å². The number of carbonyl (C=O) groups is 9. The number of carbonyl (C=O) groups excluding carboxylic acids is 8. The van der Waals surface area contributed by atoms with E-state index in [1.807, 2.05) is 0 Å². The number of amides is 8. The minimum Gasteiger partial charge on any atom is -0.480 e. The summed E-state index contributed by atoms with van der Waals surface area (Å²) in [4.78, 5) is 134. The molecule has 0 bridgehead atoms. The van der Waals surface area contributed by atoms with Crippen LogP contribution in [0.25, 0.3) is 0 Å². The van der Waals surface area contributed by atoms with Crippen LogP contribution in [0.15, 0.2) is 56.7 Å². The topological polar surface area (TPSA) is 439 Å². The van der Waals surface area contributed by atoms with Crippen molar-refractivity contribution >= 4 is 93.9 Å². The number of fused-ring (bicyclic) bond motifs is 1. The van der Waals surface area contributed by atoms with Crippen molar-refractivity contribution in [3.63, 3.8) is 0 Å². The predicted octanol–water partition coefficient (Wildman–Crippen LogP) is -5.05. The van der Waals surface area contributed by atoms with Crippen LogP contribution < -0.4 is 60.2 Å². The number of aliphatic hydroxyl groups is 2. The molecular formula is C45H65N15O12S2. The Hall–Kier alpha value is -7.08. The number of hydrogen-bond donors (Lipinski definition) is 13. The number of para-hydroxylation sites is 1. The van der Waals surface area contributed by atoms with E-state index in [1.54, 1.807) is 41.8 Å². The third kappa shape index (κ3) is 16.5. The molecule has 2 fully saturated rings. The number of aliphatic hydroxyl groups excluding tert-OH is 2. The Bertz CT molecular complexity index is 2400. The summed E-state index contributed by atoms with van der Waals surface area (Å²) < 4.78 is 0. The molecule has 29 heteroatoms. The number of rotatable bonds is 25. The molecule has 0 radical (unpaired) electrons. The van der Waals surface area contributed by atoms with Crippen molar-refractivity contribution in [3.05, 3.63) is 46.7 Å². The fourth-order valence-corrected chi connectivity index (χ4v) is 10.4. The van der Waals surface area contributed by atoms with Crippen LogP contribution in [0.4, 0.5) is 5.69 Å². The van der Waals surface area contributed by atoms with Gasteiger partial charge in [-0.1, -0.05) is 18.2 Å². The quantitative estimate of drug-likeness (QED) is 0.0251. The Balaban J connectivity index is 1.21. The number of aliphatic imine (C=N–C) groups is 2. The van der Waals surface area contributed by atoms with Gasteiger partial charge in [0.2, 0.25) is 41.4 Å². The lowest BCUT2D eigenvalue weighted by molar-refractivity contribution is -0.148. The number of nitrogens with two attached hydrogens (primary N) is 5. The normalized spacial score (nSPS) is 19.9. The number of β-amino-alcohol motifs (C(OH)–C–C–N with tert-alkyl or cyclic N) is 1. The third-order valence-electron chi connectivity index (χ3n) is 12.2. The lowest BCUT2D eigenvalue weighted by Gasteiger charge is -2.33. The zero-order chi connectivity index (χ0) is 54.1. The van der Waals surface area contributed by atoms with Crippen LogP contribution in [0.3, 0.4) is 0 Å². The number of hydrogen-bond acceptors (Lipinski definition) is 16. The van der Waals surface area contributed by atoms with Gasteiger partial charge in [-0.3, -0.25) is 58.0 Å². The molecule has 404 valence electrons. The molecule has 74 heavy (non-hydrogen) atoms. The lowest BCUT2D eigenvalue weighted by Crippen LogP contribution is -2.59. The van der Waals surface area contributed by atoms with Crippen LogP contribution in [0, 0.1) is 0 Å². The number of thiophene rings is 1. The average molecular weight is 1070 g/mol. The first kappa shape index (κ1) is 57.8. The summed E-state index contributed by atoms with van der Waals surface area (Å²) >= 11 is 2.47. The van der Waals surface area contributed by atoms with Crippen LogP contribution in [0.2, 0.25) is 0 Å². The van der Waals surface area contributed by atoms with Crippen LogP contribution in [0.5, 0.6) is 0 Å². The molecule has 27 nitrogen and oxygen atoms in total. The van der Waals surface area contributed by atoms with Gasteiger partial charge in [-0.25, -0.2) is 0 Å². The van der Waals surface area contributed by atoms with Crippen LogP contribution in [0.1, 0.15) is 49.8 Å². The number of nitrogens with zero attached hydrogens (tertiary/aromatic N) is 5. The summed E-state index contributed by atoms with van der Waals surface area (Å²) in [6, 6.07) is 1.30. The molecule has 8 atom stereocenters. The maximum atomic E-state index is 14.3. The lowest BCUT2D eigenvalue weighted by atomic mass is 10.1. The second kappa shape index (κ2) is 27.8. The molecule has 2 aromatic rings. The summed E-state index contributed by atoms with van der Waals surface area (Å²) in [5.74, 6) is -7.68. The highest BCUT2D eigenvalue weighted by Crippen LogP contribution is 2.34. The van der Waals surface area contributed by atoms with Gasteiger partial charge in [-0.15, -0.1) is 23.1 Å². The molecule has 18 N–H and O–H groups in total. The Morgan fingerprint density at radius 3 is 2.18 bits per heavy atom. The summed E-state index contributed by atoms with van der Waals surface area (Å²) in [5.41, 5.74) is 28.1. The molecule has 3 aliphatic heterocycles. The van der Waals surface area contributed by atoms with E-state index in [-0.39, 0.29) is 82.4 Å². The standard InChI is InChI=1S/C45H65N15O12S2/c46-26(8-3-13-51-44(47)48)37(66)55-27(9-4-14-52-45(49)50)41(70)58-15-5-11-32(58)43(72)59-20-24(62)17-33(59)40(69)53-19-35(63)54-28(18-25-7-6-16-73-25)38(67)56-29(22-61)39(68)57-30-23-74-34-12-2-1-10-31(34)60(42(30)71)21-36(64)65/h1-2,6-7,10,12,16,24,26-30,32-33,61-62H,3-5,8-9,11,13-15,17-23,46H2,(H,53,69)(H,54,63)(H,55,66)(H,56,67)(H,57,68)(H,64,65)(H4,47,48,51)(H4,49,50,52)/t24-,26-,27+,28+,29+,30-,32+,33+/m1/s1. The molecular weight excluding hydrogens is 1010 g/mol. The van der Waals surface area contributed by atoms with Gasteiger partial charge in [-0.2, -0.15) is 0 Å². The molecule has 5 rings (SSSR count). The fraction of sp³-hybridized carbons (Fsp3) is 0.533. The molecule has 2 saturated heterocycles. The maximum absolute atomic E-state index is 14.3. The minimum absolute atomic E-state index is 0.00361. The Labute approximate surface area is 433 Å². The second-order valence-corrected chi connectivity index (χ2v) is 19.8. The predicted molar refractivity (Wildman–Crippen MR) is 272 cm³/mol. The largest absolute Gasteiger partial charge is 0.480 e.